The topological polar surface area (TPSA) is 49.9 Å². The number of amidine groups is 2. The van der Waals surface area contributed by atoms with Crippen LogP contribution in [0.2, 0.25) is 0 Å². The zero-order chi connectivity index (χ0) is 33.0. The van der Waals surface area contributed by atoms with Crippen molar-refractivity contribution in [3.05, 3.63) is 180 Å². The van der Waals surface area contributed by atoms with Crippen LogP contribution in [0.25, 0.3) is 64.4 Å². The molecule has 4 nitrogen and oxygen atoms in total. The van der Waals surface area contributed by atoms with Gasteiger partial charge in [-0.2, -0.15) is 0 Å². The van der Waals surface area contributed by atoms with Gasteiger partial charge in [-0.05, 0) is 40.5 Å². The minimum Gasteiger partial charge on any atom is -0.456 e. The van der Waals surface area contributed by atoms with Gasteiger partial charge in [-0.3, -0.25) is 0 Å². The third-order valence-corrected chi connectivity index (χ3v) is 10.7. The normalized spacial score (nSPS) is 14.6. The Kier molecular flexibility index (Phi) is 6.71. The number of fused-ring (bicyclic) bond motifs is 6. The van der Waals surface area contributed by atoms with E-state index in [1.54, 1.807) is 0 Å². The molecule has 0 spiro atoms. The number of thiophene rings is 1. The van der Waals surface area contributed by atoms with Crippen LogP contribution in [0, 0.1) is 0 Å². The van der Waals surface area contributed by atoms with Crippen molar-refractivity contribution < 1.29 is 4.42 Å². The van der Waals surface area contributed by atoms with Crippen LogP contribution in [0.5, 0.6) is 0 Å². The summed E-state index contributed by atoms with van der Waals surface area (Å²) in [6.45, 7) is 0. The summed E-state index contributed by atoms with van der Waals surface area (Å²) in [6, 6.07) is 57.3. The maximum Gasteiger partial charge on any atom is 0.159 e. The van der Waals surface area contributed by atoms with Crippen LogP contribution < -0.4 is 5.32 Å². The van der Waals surface area contributed by atoms with E-state index in [1.807, 2.05) is 29.5 Å². The van der Waals surface area contributed by atoms with Crippen molar-refractivity contribution in [2.75, 3.05) is 0 Å². The molecule has 3 heterocycles. The maximum atomic E-state index is 6.52. The SMILES string of the molecule is c1ccc(-c2ccc(C3=NC(c4cccc5c4oc4ccccc45)NC(c4cccc5sc6cccc(-c7ccccc7)c6c45)=N3)cc2)cc1. The molecule has 2 aromatic heterocycles. The molecule has 50 heavy (non-hydrogen) atoms. The first-order chi connectivity index (χ1) is 24.8. The quantitative estimate of drug-likeness (QED) is 0.200. The molecule has 1 unspecified atom stereocenters. The number of benzene rings is 7. The Morgan fingerprint density at radius 1 is 0.500 bits per heavy atom. The second-order valence-electron chi connectivity index (χ2n) is 12.6. The van der Waals surface area contributed by atoms with Gasteiger partial charge < -0.3 is 9.73 Å². The van der Waals surface area contributed by atoms with Crippen LogP contribution in [0.1, 0.15) is 22.9 Å². The highest BCUT2D eigenvalue weighted by Gasteiger charge is 2.26. The lowest BCUT2D eigenvalue weighted by atomic mass is 9.96. The summed E-state index contributed by atoms with van der Waals surface area (Å²) in [5.41, 5.74) is 9.41. The molecule has 0 fully saturated rings. The summed E-state index contributed by atoms with van der Waals surface area (Å²) in [5.74, 6) is 1.46. The van der Waals surface area contributed by atoms with Crippen LogP contribution >= 0.6 is 11.3 Å². The number of hydrogen-bond donors (Lipinski definition) is 1. The minimum atomic E-state index is -0.427. The lowest BCUT2D eigenvalue weighted by Gasteiger charge is -2.24. The van der Waals surface area contributed by atoms with Gasteiger partial charge in [-0.1, -0.05) is 146 Å². The lowest BCUT2D eigenvalue weighted by Crippen LogP contribution is -2.33. The first-order valence-corrected chi connectivity index (χ1v) is 17.6. The predicted octanol–water partition coefficient (Wildman–Crippen LogP) is 11.8. The number of nitrogens with one attached hydrogen (secondary N) is 1. The Bertz CT molecular complexity index is 2780. The summed E-state index contributed by atoms with van der Waals surface area (Å²) in [6.07, 6.45) is -0.427. The van der Waals surface area contributed by atoms with Gasteiger partial charge in [0.25, 0.3) is 0 Å². The Morgan fingerprint density at radius 3 is 1.88 bits per heavy atom. The van der Waals surface area contributed by atoms with Crippen molar-refractivity contribution in [2.45, 2.75) is 6.17 Å². The molecule has 1 aliphatic rings. The molecule has 5 heteroatoms. The fourth-order valence-electron chi connectivity index (χ4n) is 7.22. The van der Waals surface area contributed by atoms with E-state index in [1.165, 1.54) is 36.9 Å². The van der Waals surface area contributed by atoms with E-state index in [9.17, 15) is 0 Å². The number of aliphatic imine (C=N–C) groups is 2. The molecule has 0 saturated carbocycles. The maximum absolute atomic E-state index is 6.52. The van der Waals surface area contributed by atoms with Gasteiger partial charge in [0.1, 0.15) is 17.0 Å². The monoisotopic (exact) mass is 659 g/mol. The summed E-state index contributed by atoms with van der Waals surface area (Å²) >= 11 is 1.82. The third-order valence-electron chi connectivity index (χ3n) is 9.58. The second-order valence-corrected chi connectivity index (χ2v) is 13.6. The van der Waals surface area contributed by atoms with E-state index in [4.69, 9.17) is 14.4 Å². The van der Waals surface area contributed by atoms with Crippen molar-refractivity contribution >= 4 is 65.1 Å². The second kappa shape index (κ2) is 11.7. The first kappa shape index (κ1) is 28.7. The highest BCUT2D eigenvalue weighted by atomic mass is 32.1. The van der Waals surface area contributed by atoms with Gasteiger partial charge in [0.15, 0.2) is 12.0 Å². The molecular weight excluding hydrogens is 631 g/mol. The molecule has 1 N–H and O–H groups in total. The van der Waals surface area contributed by atoms with Crippen molar-refractivity contribution in [1.29, 1.82) is 0 Å². The number of nitrogens with zero attached hydrogens (tertiary/aromatic N) is 2. The van der Waals surface area contributed by atoms with Crippen molar-refractivity contribution in [3.63, 3.8) is 0 Å². The Hall–Kier alpha value is -6.30. The van der Waals surface area contributed by atoms with Crippen LogP contribution in [-0.2, 0) is 0 Å². The molecule has 9 aromatic rings. The van der Waals surface area contributed by atoms with Gasteiger partial charge in [0.05, 0.1) is 0 Å². The van der Waals surface area contributed by atoms with E-state index in [0.717, 1.165) is 50.0 Å². The average Bonchev–Trinajstić information content (AvgIpc) is 3.77. The Balaban J connectivity index is 1.18. The van der Waals surface area contributed by atoms with E-state index in [2.05, 4.69) is 151 Å². The summed E-state index contributed by atoms with van der Waals surface area (Å²) < 4.78 is 8.99. The molecule has 7 aromatic carbocycles. The third kappa shape index (κ3) is 4.74. The first-order valence-electron chi connectivity index (χ1n) is 16.8. The molecule has 0 amide bonds. The van der Waals surface area contributed by atoms with Gasteiger partial charge in [-0.25, -0.2) is 9.98 Å². The molecule has 1 aliphatic heterocycles. The Labute approximate surface area is 292 Å². The molecule has 10 rings (SSSR count). The summed E-state index contributed by atoms with van der Waals surface area (Å²) in [4.78, 5) is 10.6. The number of rotatable bonds is 5. The molecule has 0 saturated heterocycles. The van der Waals surface area contributed by atoms with Gasteiger partial charge in [0, 0.05) is 47.6 Å². The highest BCUT2D eigenvalue weighted by Crippen LogP contribution is 2.42. The molecule has 1 atom stereocenters. The molecule has 0 bridgehead atoms. The molecule has 236 valence electrons. The predicted molar refractivity (Wildman–Crippen MR) is 209 cm³/mol. The van der Waals surface area contributed by atoms with Gasteiger partial charge in [0.2, 0.25) is 0 Å². The van der Waals surface area contributed by atoms with Crippen LogP contribution in [-0.4, -0.2) is 11.7 Å². The van der Waals surface area contributed by atoms with E-state index in [0.29, 0.717) is 5.84 Å². The molecule has 0 radical (unpaired) electrons. The van der Waals surface area contributed by atoms with Gasteiger partial charge >= 0.3 is 0 Å². The number of para-hydroxylation sites is 2. The van der Waals surface area contributed by atoms with Crippen LogP contribution in [0.15, 0.2) is 178 Å². The van der Waals surface area contributed by atoms with Crippen molar-refractivity contribution in [2.24, 2.45) is 9.98 Å². The number of hydrogen-bond acceptors (Lipinski definition) is 5. The fourth-order valence-corrected chi connectivity index (χ4v) is 8.38. The molecular formula is C45H29N3OS. The van der Waals surface area contributed by atoms with E-state index >= 15 is 0 Å². The van der Waals surface area contributed by atoms with Crippen LogP contribution in [0.4, 0.5) is 0 Å². The minimum absolute atomic E-state index is 0.427. The summed E-state index contributed by atoms with van der Waals surface area (Å²) in [5, 5.41) is 8.38. The Morgan fingerprint density at radius 2 is 1.10 bits per heavy atom. The van der Waals surface area contributed by atoms with Crippen molar-refractivity contribution in [3.8, 4) is 22.3 Å². The lowest BCUT2D eigenvalue weighted by molar-refractivity contribution is 0.629. The smallest absolute Gasteiger partial charge is 0.159 e. The summed E-state index contributed by atoms with van der Waals surface area (Å²) in [7, 11) is 0. The van der Waals surface area contributed by atoms with Crippen LogP contribution in [0.3, 0.4) is 0 Å². The fraction of sp³-hybridized carbons (Fsp3) is 0.0222. The molecule has 0 aliphatic carbocycles. The van der Waals surface area contributed by atoms with E-state index in [-0.39, 0.29) is 0 Å². The van der Waals surface area contributed by atoms with Crippen molar-refractivity contribution in [1.82, 2.24) is 5.32 Å². The van der Waals surface area contributed by atoms with E-state index < -0.39 is 6.17 Å². The zero-order valence-corrected chi connectivity index (χ0v) is 27.7. The largest absolute Gasteiger partial charge is 0.456 e. The van der Waals surface area contributed by atoms with Gasteiger partial charge in [-0.15, -0.1) is 11.3 Å². The highest BCUT2D eigenvalue weighted by molar-refractivity contribution is 7.26. The standard InChI is InChI=1S/C45H29N3OS/c1-3-12-28(13-4-1)29-24-26-31(27-25-29)43-46-44(48-45(47-43)36-20-9-18-34-33-16-7-8-21-37(33)49-42(34)36)35-19-11-23-39-41(35)40-32(17-10-22-38(40)50-39)30-14-5-2-6-15-30/h1-27,45H,(H,46,47,48). The average molecular weight is 660 g/mol. The number of furan rings is 1. The zero-order valence-electron chi connectivity index (χ0n) is 26.9.